The summed E-state index contributed by atoms with van der Waals surface area (Å²) < 4.78 is 0. The number of carbonyl (C=O) groups excluding carboxylic acids is 2. The molecule has 176 valence electrons. The molecule has 0 spiro atoms. The Morgan fingerprint density at radius 3 is 1.56 bits per heavy atom. The van der Waals surface area contributed by atoms with Gasteiger partial charge in [-0.15, -0.1) is 45.3 Å². The van der Waals surface area contributed by atoms with E-state index in [1.807, 2.05) is 0 Å². The van der Waals surface area contributed by atoms with E-state index >= 15 is 0 Å². The Kier molecular flexibility index (Phi) is 7.59. The number of hydrogen-bond acceptors (Lipinski definition) is 6. The van der Waals surface area contributed by atoms with Crippen LogP contribution in [-0.2, 0) is 22.7 Å². The molecule has 4 heterocycles. The van der Waals surface area contributed by atoms with Gasteiger partial charge in [0, 0.05) is 41.1 Å². The summed E-state index contributed by atoms with van der Waals surface area (Å²) in [5.41, 5.74) is 0. The first-order chi connectivity index (χ1) is 16.7. The van der Waals surface area contributed by atoms with Crippen molar-refractivity contribution in [2.24, 2.45) is 11.8 Å². The Bertz CT molecular complexity index is 1130. The molecule has 0 radical (unpaired) electrons. The topological polar surface area (TPSA) is 58.2 Å². The summed E-state index contributed by atoms with van der Waals surface area (Å²) >= 11 is 6.87. The fourth-order valence-electron chi connectivity index (χ4n) is 4.42. The highest BCUT2D eigenvalue weighted by atomic mass is 32.1. The zero-order chi connectivity index (χ0) is 23.3. The largest absolute Gasteiger partial charge is 0.351 e. The van der Waals surface area contributed by atoms with Crippen molar-refractivity contribution in [3.05, 3.63) is 69.0 Å². The van der Waals surface area contributed by atoms with Gasteiger partial charge < -0.3 is 10.6 Å². The molecule has 4 aromatic rings. The first-order valence-corrected chi connectivity index (χ1v) is 14.9. The van der Waals surface area contributed by atoms with Gasteiger partial charge in [-0.25, -0.2) is 0 Å². The lowest BCUT2D eigenvalue weighted by atomic mass is 9.78. The van der Waals surface area contributed by atoms with E-state index < -0.39 is 0 Å². The van der Waals surface area contributed by atoms with E-state index in [1.165, 1.54) is 19.5 Å². The van der Waals surface area contributed by atoms with Crippen LogP contribution in [0.4, 0.5) is 0 Å². The number of rotatable bonds is 8. The molecule has 0 bridgehead atoms. The van der Waals surface area contributed by atoms with Crippen molar-refractivity contribution in [3.8, 4) is 19.5 Å². The van der Waals surface area contributed by atoms with Crippen LogP contribution in [0.2, 0.25) is 0 Å². The van der Waals surface area contributed by atoms with E-state index in [-0.39, 0.29) is 23.7 Å². The maximum Gasteiger partial charge on any atom is 0.224 e. The summed E-state index contributed by atoms with van der Waals surface area (Å²) in [7, 11) is 0. The fourth-order valence-corrected chi connectivity index (χ4v) is 7.98. The fraction of sp³-hybridized carbons (Fsp3) is 0.308. The summed E-state index contributed by atoms with van der Waals surface area (Å²) in [6, 6.07) is 16.7. The van der Waals surface area contributed by atoms with Crippen LogP contribution in [0.5, 0.6) is 0 Å². The number of nitrogens with one attached hydrogen (secondary N) is 2. The quantitative estimate of drug-likeness (QED) is 0.260. The monoisotopic (exact) mass is 526 g/mol. The summed E-state index contributed by atoms with van der Waals surface area (Å²) in [4.78, 5) is 33.3. The molecule has 0 aliphatic heterocycles. The molecule has 0 unspecified atom stereocenters. The Labute approximate surface area is 215 Å². The average molecular weight is 527 g/mol. The van der Waals surface area contributed by atoms with Crippen LogP contribution in [0.1, 0.15) is 35.4 Å². The summed E-state index contributed by atoms with van der Waals surface area (Å²) in [5, 5.41) is 10.4. The van der Waals surface area contributed by atoms with Gasteiger partial charge in [-0.05, 0) is 60.0 Å². The van der Waals surface area contributed by atoms with E-state index in [2.05, 4.69) is 69.9 Å². The van der Waals surface area contributed by atoms with Crippen LogP contribution < -0.4 is 10.6 Å². The first-order valence-electron chi connectivity index (χ1n) is 11.5. The average Bonchev–Trinajstić information content (AvgIpc) is 3.67. The van der Waals surface area contributed by atoms with Crippen LogP contribution in [-0.4, -0.2) is 11.8 Å². The third kappa shape index (κ3) is 5.51. The summed E-state index contributed by atoms with van der Waals surface area (Å²) in [6.45, 7) is 1.03. The lowest BCUT2D eigenvalue weighted by Gasteiger charge is -2.29. The first kappa shape index (κ1) is 23.5. The maximum atomic E-state index is 13.0. The Balaban J connectivity index is 1.15. The summed E-state index contributed by atoms with van der Waals surface area (Å²) in [6.07, 6.45) is 3.55. The highest BCUT2D eigenvalue weighted by molar-refractivity contribution is 7.21. The Hall–Kier alpha value is -2.26. The van der Waals surface area contributed by atoms with Gasteiger partial charge >= 0.3 is 0 Å². The predicted molar refractivity (Wildman–Crippen MR) is 144 cm³/mol. The van der Waals surface area contributed by atoms with Crippen molar-refractivity contribution in [3.63, 3.8) is 0 Å². The van der Waals surface area contributed by atoms with Crippen molar-refractivity contribution in [2.45, 2.75) is 38.8 Å². The molecule has 2 atom stereocenters. The predicted octanol–water partition coefficient (Wildman–Crippen LogP) is 7.01. The van der Waals surface area contributed by atoms with Gasteiger partial charge in [0.25, 0.3) is 0 Å². The molecule has 2 N–H and O–H groups in total. The van der Waals surface area contributed by atoms with Gasteiger partial charge in [-0.3, -0.25) is 9.59 Å². The molecule has 34 heavy (non-hydrogen) atoms. The van der Waals surface area contributed by atoms with E-state index in [4.69, 9.17) is 0 Å². The smallest absolute Gasteiger partial charge is 0.224 e. The summed E-state index contributed by atoms with van der Waals surface area (Å²) in [5.74, 6) is -0.505. The Morgan fingerprint density at radius 1 is 0.676 bits per heavy atom. The molecular formula is C26H26N2O2S4. The van der Waals surface area contributed by atoms with E-state index in [0.717, 1.165) is 35.4 Å². The molecule has 8 heteroatoms. The van der Waals surface area contributed by atoms with Crippen molar-refractivity contribution >= 4 is 57.2 Å². The van der Waals surface area contributed by atoms with Gasteiger partial charge in [0.15, 0.2) is 0 Å². The van der Waals surface area contributed by atoms with Crippen molar-refractivity contribution in [1.29, 1.82) is 0 Å². The van der Waals surface area contributed by atoms with Gasteiger partial charge in [-0.1, -0.05) is 25.0 Å². The molecule has 1 fully saturated rings. The van der Waals surface area contributed by atoms with Gasteiger partial charge in [0.2, 0.25) is 11.8 Å². The highest BCUT2D eigenvalue weighted by Gasteiger charge is 2.35. The third-order valence-corrected chi connectivity index (χ3v) is 10.5. The molecule has 5 rings (SSSR count). The lowest BCUT2D eigenvalue weighted by molar-refractivity contribution is -0.136. The molecule has 1 aliphatic rings. The van der Waals surface area contributed by atoms with Gasteiger partial charge in [0.1, 0.15) is 0 Å². The van der Waals surface area contributed by atoms with Crippen LogP contribution in [0.3, 0.4) is 0 Å². The molecule has 1 aliphatic carbocycles. The molecule has 4 aromatic heterocycles. The standard InChI is InChI=1S/C26H26N2O2S4/c29-25(27-15-17-9-11-23(33-17)21-7-3-13-31-21)19-5-1-2-6-20(19)26(30)28-16-18-10-12-24(34-18)22-8-4-14-32-22/h3-4,7-14,19-20H,1-2,5-6,15-16H2,(H,27,29)(H,28,30)/t19-,20-/m1/s1. The van der Waals surface area contributed by atoms with Crippen molar-refractivity contribution in [1.82, 2.24) is 10.6 Å². The molecule has 4 nitrogen and oxygen atoms in total. The minimum absolute atomic E-state index is 0.00188. The van der Waals surface area contributed by atoms with Crippen LogP contribution in [0, 0.1) is 11.8 Å². The molecule has 0 saturated heterocycles. The second-order valence-electron chi connectivity index (χ2n) is 8.42. The zero-order valence-electron chi connectivity index (χ0n) is 18.6. The molecule has 0 aromatic carbocycles. The van der Waals surface area contributed by atoms with E-state index in [1.54, 1.807) is 45.3 Å². The van der Waals surface area contributed by atoms with Crippen LogP contribution in [0.25, 0.3) is 19.5 Å². The van der Waals surface area contributed by atoms with Crippen molar-refractivity contribution < 1.29 is 9.59 Å². The highest BCUT2D eigenvalue weighted by Crippen LogP contribution is 2.34. The molecule has 2 amide bonds. The van der Waals surface area contributed by atoms with Crippen LogP contribution in [0.15, 0.2) is 59.3 Å². The second-order valence-corrected chi connectivity index (χ2v) is 12.7. The number of amides is 2. The minimum atomic E-state index is -0.254. The SMILES string of the molecule is O=C(NCc1ccc(-c2cccs2)s1)[C@@H]1CCCC[C@H]1C(=O)NCc1ccc(-c2cccs2)s1. The van der Waals surface area contributed by atoms with Gasteiger partial charge in [-0.2, -0.15) is 0 Å². The lowest BCUT2D eigenvalue weighted by Crippen LogP contribution is -2.43. The van der Waals surface area contributed by atoms with Gasteiger partial charge in [0.05, 0.1) is 13.1 Å². The molecule has 1 saturated carbocycles. The number of hydrogen-bond donors (Lipinski definition) is 2. The Morgan fingerprint density at radius 2 is 1.15 bits per heavy atom. The number of carbonyl (C=O) groups is 2. The maximum absolute atomic E-state index is 13.0. The third-order valence-electron chi connectivity index (χ3n) is 6.16. The second kappa shape index (κ2) is 11.0. The minimum Gasteiger partial charge on any atom is -0.351 e. The van der Waals surface area contributed by atoms with Crippen molar-refractivity contribution in [2.75, 3.05) is 0 Å². The number of thiophene rings is 4. The van der Waals surface area contributed by atoms with Crippen LogP contribution >= 0.6 is 45.3 Å². The molecular weight excluding hydrogens is 501 g/mol. The zero-order valence-corrected chi connectivity index (χ0v) is 21.9. The van der Waals surface area contributed by atoms with E-state index in [0.29, 0.717) is 13.1 Å². The van der Waals surface area contributed by atoms with E-state index in [9.17, 15) is 9.59 Å². The normalized spacial score (nSPS) is 18.0.